The average Bonchev–Trinajstić information content (AvgIpc) is 2.42. The molecule has 0 spiro atoms. The Morgan fingerprint density at radius 1 is 1.20 bits per heavy atom. The SMILES string of the molecule is CCCc1nc(-c2ccc(Cl)c(Cl)c2)ccc1C(=O)O. The molecule has 3 nitrogen and oxygen atoms in total. The Bertz CT molecular complexity index is 656. The number of carbonyl (C=O) groups is 1. The molecule has 0 aliphatic carbocycles. The molecule has 0 amide bonds. The minimum atomic E-state index is -0.957. The Balaban J connectivity index is 2.49. The maximum absolute atomic E-state index is 11.2. The molecule has 104 valence electrons. The minimum absolute atomic E-state index is 0.246. The standard InChI is InChI=1S/C15H13Cl2NO2/c1-2-3-14-10(15(19)20)5-7-13(18-14)9-4-6-11(16)12(17)8-9/h4-8H,2-3H2,1H3,(H,19,20). The number of aromatic nitrogens is 1. The molecule has 1 heterocycles. The van der Waals surface area contributed by atoms with Gasteiger partial charge in [-0.25, -0.2) is 4.79 Å². The number of pyridine rings is 1. The van der Waals surface area contributed by atoms with E-state index < -0.39 is 5.97 Å². The summed E-state index contributed by atoms with van der Waals surface area (Å²) in [4.78, 5) is 15.6. The van der Waals surface area contributed by atoms with E-state index in [-0.39, 0.29) is 5.56 Å². The number of rotatable bonds is 4. The van der Waals surface area contributed by atoms with E-state index in [1.54, 1.807) is 24.3 Å². The second kappa shape index (κ2) is 6.25. The third-order valence-electron chi connectivity index (χ3n) is 2.91. The number of nitrogens with zero attached hydrogens (tertiary/aromatic N) is 1. The lowest BCUT2D eigenvalue weighted by Crippen LogP contribution is -2.05. The first-order valence-electron chi connectivity index (χ1n) is 6.21. The molecule has 5 heteroatoms. The molecule has 0 fully saturated rings. The molecule has 0 saturated heterocycles. The van der Waals surface area contributed by atoms with Crippen molar-refractivity contribution in [3.63, 3.8) is 0 Å². The molecular formula is C15H13Cl2NO2. The van der Waals surface area contributed by atoms with Gasteiger partial charge in [-0.3, -0.25) is 4.98 Å². The third-order valence-corrected chi connectivity index (χ3v) is 3.65. The summed E-state index contributed by atoms with van der Waals surface area (Å²) in [6, 6.07) is 8.50. The van der Waals surface area contributed by atoms with Crippen LogP contribution >= 0.6 is 23.2 Å². The van der Waals surface area contributed by atoms with E-state index >= 15 is 0 Å². The highest BCUT2D eigenvalue weighted by Gasteiger charge is 2.13. The normalized spacial score (nSPS) is 10.6. The van der Waals surface area contributed by atoms with Crippen molar-refractivity contribution in [2.45, 2.75) is 19.8 Å². The summed E-state index contributed by atoms with van der Waals surface area (Å²) in [5.41, 5.74) is 2.34. The van der Waals surface area contributed by atoms with Crippen LogP contribution in [0.5, 0.6) is 0 Å². The summed E-state index contributed by atoms with van der Waals surface area (Å²) in [6.45, 7) is 1.99. The fourth-order valence-corrected chi connectivity index (χ4v) is 2.24. The zero-order valence-corrected chi connectivity index (χ0v) is 12.4. The Hall–Kier alpha value is -1.58. The molecule has 0 radical (unpaired) electrons. The van der Waals surface area contributed by atoms with Gasteiger partial charge in [-0.2, -0.15) is 0 Å². The van der Waals surface area contributed by atoms with Gasteiger partial charge in [0.15, 0.2) is 0 Å². The third kappa shape index (κ3) is 3.11. The molecule has 2 rings (SSSR count). The van der Waals surface area contributed by atoms with Crippen molar-refractivity contribution in [1.82, 2.24) is 4.98 Å². The van der Waals surface area contributed by atoms with Crippen LogP contribution in [-0.4, -0.2) is 16.1 Å². The summed E-state index contributed by atoms with van der Waals surface area (Å²) >= 11 is 11.9. The van der Waals surface area contributed by atoms with Crippen LogP contribution in [0.25, 0.3) is 11.3 Å². The maximum Gasteiger partial charge on any atom is 0.337 e. The van der Waals surface area contributed by atoms with Gasteiger partial charge in [-0.15, -0.1) is 0 Å². The number of carboxylic acid groups (broad SMARTS) is 1. The number of hydrogen-bond donors (Lipinski definition) is 1. The van der Waals surface area contributed by atoms with Gasteiger partial charge in [0.05, 0.1) is 27.0 Å². The second-order valence-electron chi connectivity index (χ2n) is 4.37. The Labute approximate surface area is 127 Å². The van der Waals surface area contributed by atoms with Gasteiger partial charge >= 0.3 is 5.97 Å². The van der Waals surface area contributed by atoms with E-state index in [2.05, 4.69) is 4.98 Å². The molecular weight excluding hydrogens is 297 g/mol. The van der Waals surface area contributed by atoms with Crippen LogP contribution in [0.2, 0.25) is 10.0 Å². The molecule has 1 aromatic carbocycles. The van der Waals surface area contributed by atoms with E-state index in [9.17, 15) is 4.79 Å². The van der Waals surface area contributed by atoms with Crippen LogP contribution in [0.3, 0.4) is 0 Å². The van der Waals surface area contributed by atoms with E-state index in [1.165, 1.54) is 0 Å². The molecule has 1 aromatic heterocycles. The predicted octanol–water partition coefficient (Wildman–Crippen LogP) is 4.71. The molecule has 0 saturated carbocycles. The van der Waals surface area contributed by atoms with E-state index in [0.717, 1.165) is 12.0 Å². The van der Waals surface area contributed by atoms with Crippen LogP contribution in [0, 0.1) is 0 Å². The van der Waals surface area contributed by atoms with Crippen LogP contribution < -0.4 is 0 Å². The van der Waals surface area contributed by atoms with Gasteiger partial charge in [-0.05, 0) is 30.7 Å². The molecule has 2 aromatic rings. The second-order valence-corrected chi connectivity index (χ2v) is 5.19. The van der Waals surface area contributed by atoms with Crippen molar-refractivity contribution in [1.29, 1.82) is 0 Å². The molecule has 0 unspecified atom stereocenters. The molecule has 1 N–H and O–H groups in total. The zero-order chi connectivity index (χ0) is 14.7. The largest absolute Gasteiger partial charge is 0.478 e. The van der Waals surface area contributed by atoms with Crippen LogP contribution in [0.1, 0.15) is 29.4 Å². The van der Waals surface area contributed by atoms with Gasteiger partial charge in [0.1, 0.15) is 0 Å². The van der Waals surface area contributed by atoms with Gasteiger partial charge < -0.3 is 5.11 Å². The van der Waals surface area contributed by atoms with Crippen molar-refractivity contribution in [3.05, 3.63) is 51.6 Å². The summed E-state index contributed by atoms with van der Waals surface area (Å²) in [6.07, 6.45) is 1.45. The smallest absolute Gasteiger partial charge is 0.337 e. The monoisotopic (exact) mass is 309 g/mol. The highest BCUT2D eigenvalue weighted by atomic mass is 35.5. The lowest BCUT2D eigenvalue weighted by Gasteiger charge is -2.08. The lowest BCUT2D eigenvalue weighted by molar-refractivity contribution is 0.0695. The van der Waals surface area contributed by atoms with Crippen molar-refractivity contribution in [2.24, 2.45) is 0 Å². The van der Waals surface area contributed by atoms with E-state index in [0.29, 0.717) is 27.9 Å². The van der Waals surface area contributed by atoms with E-state index in [4.69, 9.17) is 28.3 Å². The molecule has 0 aliphatic heterocycles. The number of hydrogen-bond acceptors (Lipinski definition) is 2. The number of carboxylic acids is 1. The van der Waals surface area contributed by atoms with Gasteiger partial charge in [-0.1, -0.05) is 42.6 Å². The van der Waals surface area contributed by atoms with Crippen molar-refractivity contribution < 1.29 is 9.90 Å². The Morgan fingerprint density at radius 3 is 2.55 bits per heavy atom. The number of aryl methyl sites for hydroxylation is 1. The van der Waals surface area contributed by atoms with Crippen molar-refractivity contribution >= 4 is 29.2 Å². The highest BCUT2D eigenvalue weighted by molar-refractivity contribution is 6.42. The molecule has 0 bridgehead atoms. The quantitative estimate of drug-likeness (QED) is 0.890. The Kier molecular flexibility index (Phi) is 4.63. The topological polar surface area (TPSA) is 50.2 Å². The fraction of sp³-hybridized carbons (Fsp3) is 0.200. The van der Waals surface area contributed by atoms with Crippen LogP contribution in [-0.2, 0) is 6.42 Å². The number of benzene rings is 1. The van der Waals surface area contributed by atoms with Crippen LogP contribution in [0.4, 0.5) is 0 Å². The summed E-state index contributed by atoms with van der Waals surface area (Å²) in [5.74, 6) is -0.957. The van der Waals surface area contributed by atoms with Crippen molar-refractivity contribution in [3.8, 4) is 11.3 Å². The van der Waals surface area contributed by atoms with Crippen molar-refractivity contribution in [2.75, 3.05) is 0 Å². The van der Waals surface area contributed by atoms with Gasteiger partial charge in [0.2, 0.25) is 0 Å². The first kappa shape index (κ1) is 14.8. The van der Waals surface area contributed by atoms with Crippen LogP contribution in [0.15, 0.2) is 30.3 Å². The minimum Gasteiger partial charge on any atom is -0.478 e. The Morgan fingerprint density at radius 2 is 1.95 bits per heavy atom. The molecule has 20 heavy (non-hydrogen) atoms. The number of aromatic carboxylic acids is 1. The fourth-order valence-electron chi connectivity index (χ4n) is 1.94. The number of halogens is 2. The lowest BCUT2D eigenvalue weighted by atomic mass is 10.1. The van der Waals surface area contributed by atoms with Gasteiger partial charge in [0, 0.05) is 5.56 Å². The molecule has 0 atom stereocenters. The maximum atomic E-state index is 11.2. The first-order valence-corrected chi connectivity index (χ1v) is 6.97. The summed E-state index contributed by atoms with van der Waals surface area (Å²) in [7, 11) is 0. The zero-order valence-electron chi connectivity index (χ0n) is 10.9. The predicted molar refractivity (Wildman–Crippen MR) is 80.6 cm³/mol. The summed E-state index contributed by atoms with van der Waals surface area (Å²) < 4.78 is 0. The van der Waals surface area contributed by atoms with E-state index in [1.807, 2.05) is 13.0 Å². The first-order chi connectivity index (χ1) is 9.52. The van der Waals surface area contributed by atoms with Gasteiger partial charge in [0.25, 0.3) is 0 Å². The average molecular weight is 310 g/mol. The summed E-state index contributed by atoms with van der Waals surface area (Å²) in [5, 5.41) is 10.1. The highest BCUT2D eigenvalue weighted by Crippen LogP contribution is 2.28. The molecule has 0 aliphatic rings.